The van der Waals surface area contributed by atoms with Gasteiger partial charge in [-0.15, -0.1) is 11.3 Å². The normalized spacial score (nSPS) is 17.0. The molecule has 122 valence electrons. The molecular formula is C16H18ClN3O2S. The second-order valence-corrected chi connectivity index (χ2v) is 6.81. The Morgan fingerprint density at radius 2 is 2.22 bits per heavy atom. The van der Waals surface area contributed by atoms with Crippen molar-refractivity contribution in [2.45, 2.75) is 18.9 Å². The molecule has 5 nitrogen and oxygen atoms in total. The number of anilines is 1. The standard InChI is InChI=1S/C16H18ClN3O2S/c17-12-3-1-2-11(8-12)13-9-23-16(19-13)20-15(21)14(18)10-4-6-22-7-5-10/h1-3,8-10,14H,4-7,18H2,(H,19,20,21). The van der Waals surface area contributed by atoms with Gasteiger partial charge in [0.25, 0.3) is 0 Å². The number of thiazole rings is 1. The highest BCUT2D eigenvalue weighted by molar-refractivity contribution is 7.14. The van der Waals surface area contributed by atoms with E-state index in [2.05, 4.69) is 10.3 Å². The number of carbonyl (C=O) groups is 1. The quantitative estimate of drug-likeness (QED) is 0.887. The molecule has 0 bridgehead atoms. The number of amides is 1. The Morgan fingerprint density at radius 1 is 1.43 bits per heavy atom. The van der Waals surface area contributed by atoms with Gasteiger partial charge in [0.15, 0.2) is 5.13 Å². The number of benzene rings is 1. The van der Waals surface area contributed by atoms with Crippen molar-refractivity contribution in [3.05, 3.63) is 34.7 Å². The summed E-state index contributed by atoms with van der Waals surface area (Å²) >= 11 is 7.37. The third-order valence-corrected chi connectivity index (χ3v) is 4.92. The zero-order chi connectivity index (χ0) is 16.2. The van der Waals surface area contributed by atoms with Gasteiger partial charge in [-0.3, -0.25) is 4.79 Å². The van der Waals surface area contributed by atoms with Gasteiger partial charge in [0.05, 0.1) is 11.7 Å². The average molecular weight is 352 g/mol. The first-order valence-electron chi connectivity index (χ1n) is 7.49. The molecule has 0 saturated carbocycles. The van der Waals surface area contributed by atoms with Crippen LogP contribution in [0.25, 0.3) is 11.3 Å². The number of halogens is 1. The van der Waals surface area contributed by atoms with Crippen LogP contribution in [0.4, 0.5) is 5.13 Å². The van der Waals surface area contributed by atoms with E-state index in [1.165, 1.54) is 11.3 Å². The molecule has 0 spiro atoms. The van der Waals surface area contributed by atoms with Crippen LogP contribution in [0.5, 0.6) is 0 Å². The summed E-state index contributed by atoms with van der Waals surface area (Å²) in [7, 11) is 0. The minimum absolute atomic E-state index is 0.163. The van der Waals surface area contributed by atoms with E-state index in [9.17, 15) is 4.79 Å². The van der Waals surface area contributed by atoms with Crippen molar-refractivity contribution in [1.82, 2.24) is 4.98 Å². The van der Waals surface area contributed by atoms with Gasteiger partial charge >= 0.3 is 0 Å². The lowest BCUT2D eigenvalue weighted by molar-refractivity contribution is -0.119. The molecule has 3 N–H and O–H groups in total. The fourth-order valence-electron chi connectivity index (χ4n) is 2.59. The molecule has 1 atom stereocenters. The summed E-state index contributed by atoms with van der Waals surface area (Å²) in [5, 5.41) is 5.91. The van der Waals surface area contributed by atoms with Crippen molar-refractivity contribution >= 4 is 34.0 Å². The Balaban J connectivity index is 1.65. The Bertz CT molecular complexity index is 685. The van der Waals surface area contributed by atoms with Crippen molar-refractivity contribution in [2.24, 2.45) is 11.7 Å². The first-order valence-corrected chi connectivity index (χ1v) is 8.75. The highest BCUT2D eigenvalue weighted by Gasteiger charge is 2.27. The lowest BCUT2D eigenvalue weighted by atomic mass is 9.92. The van der Waals surface area contributed by atoms with Gasteiger partial charge in [0.2, 0.25) is 5.91 Å². The van der Waals surface area contributed by atoms with Crippen LogP contribution in [0, 0.1) is 5.92 Å². The van der Waals surface area contributed by atoms with Crippen LogP contribution in [0.1, 0.15) is 12.8 Å². The van der Waals surface area contributed by atoms with E-state index in [1.54, 1.807) is 0 Å². The van der Waals surface area contributed by atoms with E-state index < -0.39 is 6.04 Å². The molecule has 0 radical (unpaired) electrons. The molecule has 3 rings (SSSR count). The minimum atomic E-state index is -0.530. The largest absolute Gasteiger partial charge is 0.381 e. The van der Waals surface area contributed by atoms with Crippen LogP contribution in [0.2, 0.25) is 5.02 Å². The molecule has 1 aliphatic heterocycles. The Morgan fingerprint density at radius 3 is 2.96 bits per heavy atom. The monoisotopic (exact) mass is 351 g/mol. The second kappa shape index (κ2) is 7.40. The predicted octanol–water partition coefficient (Wildman–Crippen LogP) is 3.16. The van der Waals surface area contributed by atoms with Crippen LogP contribution >= 0.6 is 22.9 Å². The van der Waals surface area contributed by atoms with Crippen molar-refractivity contribution in [1.29, 1.82) is 0 Å². The van der Waals surface area contributed by atoms with Gasteiger partial charge in [-0.05, 0) is 30.9 Å². The molecule has 1 unspecified atom stereocenters. The molecule has 1 fully saturated rings. The van der Waals surface area contributed by atoms with Crippen LogP contribution in [-0.4, -0.2) is 30.1 Å². The molecule has 1 aromatic heterocycles. The highest BCUT2D eigenvalue weighted by Crippen LogP contribution is 2.27. The zero-order valence-electron chi connectivity index (χ0n) is 12.5. The number of hydrogen-bond donors (Lipinski definition) is 2. The summed E-state index contributed by atoms with van der Waals surface area (Å²) < 4.78 is 5.30. The summed E-state index contributed by atoms with van der Waals surface area (Å²) in [6, 6.07) is 6.93. The fraction of sp³-hybridized carbons (Fsp3) is 0.375. The Kier molecular flexibility index (Phi) is 5.27. The van der Waals surface area contributed by atoms with Crippen LogP contribution in [0.15, 0.2) is 29.6 Å². The highest BCUT2D eigenvalue weighted by atomic mass is 35.5. The molecule has 7 heteroatoms. The van der Waals surface area contributed by atoms with Gasteiger partial charge in [0.1, 0.15) is 0 Å². The predicted molar refractivity (Wildman–Crippen MR) is 92.7 cm³/mol. The summed E-state index contributed by atoms with van der Waals surface area (Å²) in [5.41, 5.74) is 7.77. The summed E-state index contributed by atoms with van der Waals surface area (Å²) in [6.45, 7) is 1.34. The number of aromatic nitrogens is 1. The second-order valence-electron chi connectivity index (χ2n) is 5.51. The maximum atomic E-state index is 12.3. The molecule has 1 aromatic carbocycles. The van der Waals surface area contributed by atoms with Gasteiger partial charge in [-0.1, -0.05) is 23.7 Å². The number of ether oxygens (including phenoxy) is 1. The molecule has 1 amide bonds. The minimum Gasteiger partial charge on any atom is -0.381 e. The lowest BCUT2D eigenvalue weighted by Gasteiger charge is -2.26. The van der Waals surface area contributed by atoms with Gasteiger partial charge in [-0.25, -0.2) is 4.98 Å². The van der Waals surface area contributed by atoms with Crippen LogP contribution in [0.3, 0.4) is 0 Å². The molecule has 2 heterocycles. The Labute approximate surface area is 143 Å². The van der Waals surface area contributed by atoms with E-state index in [0.29, 0.717) is 23.4 Å². The van der Waals surface area contributed by atoms with Crippen LogP contribution in [-0.2, 0) is 9.53 Å². The van der Waals surface area contributed by atoms with Gasteiger partial charge < -0.3 is 15.8 Å². The maximum absolute atomic E-state index is 12.3. The maximum Gasteiger partial charge on any atom is 0.243 e. The lowest BCUT2D eigenvalue weighted by Crippen LogP contribution is -2.43. The summed E-state index contributed by atoms with van der Waals surface area (Å²) in [6.07, 6.45) is 1.64. The summed E-state index contributed by atoms with van der Waals surface area (Å²) in [4.78, 5) is 16.7. The van der Waals surface area contributed by atoms with E-state index in [0.717, 1.165) is 24.1 Å². The SMILES string of the molecule is NC(C(=O)Nc1nc(-c2cccc(Cl)c2)cs1)C1CCOCC1. The molecule has 1 aliphatic rings. The fourth-order valence-corrected chi connectivity index (χ4v) is 3.50. The third kappa shape index (κ3) is 4.09. The van der Waals surface area contributed by atoms with Crippen LogP contribution < -0.4 is 11.1 Å². The van der Waals surface area contributed by atoms with Crippen molar-refractivity contribution in [3.63, 3.8) is 0 Å². The molecule has 0 aliphatic carbocycles. The van der Waals surface area contributed by atoms with Gasteiger partial charge in [0, 0.05) is 29.2 Å². The topological polar surface area (TPSA) is 77.2 Å². The molecule has 23 heavy (non-hydrogen) atoms. The Hall–Kier alpha value is -1.47. The number of rotatable bonds is 4. The van der Waals surface area contributed by atoms with Crippen molar-refractivity contribution in [3.8, 4) is 11.3 Å². The number of nitrogens with two attached hydrogens (primary N) is 1. The smallest absolute Gasteiger partial charge is 0.243 e. The van der Waals surface area contributed by atoms with E-state index in [1.807, 2.05) is 29.6 Å². The summed E-state index contributed by atoms with van der Waals surface area (Å²) in [5.74, 6) is -0.0278. The molecule has 1 saturated heterocycles. The van der Waals surface area contributed by atoms with Gasteiger partial charge in [-0.2, -0.15) is 0 Å². The average Bonchev–Trinajstić information content (AvgIpc) is 3.03. The molecular weight excluding hydrogens is 334 g/mol. The first kappa shape index (κ1) is 16.4. The number of nitrogens with one attached hydrogen (secondary N) is 1. The number of nitrogens with zero attached hydrogens (tertiary/aromatic N) is 1. The van der Waals surface area contributed by atoms with E-state index in [-0.39, 0.29) is 11.8 Å². The number of hydrogen-bond acceptors (Lipinski definition) is 5. The van der Waals surface area contributed by atoms with E-state index >= 15 is 0 Å². The zero-order valence-corrected chi connectivity index (χ0v) is 14.1. The third-order valence-electron chi connectivity index (χ3n) is 3.93. The van der Waals surface area contributed by atoms with Crippen molar-refractivity contribution in [2.75, 3.05) is 18.5 Å². The molecule has 2 aromatic rings. The number of carbonyl (C=O) groups excluding carboxylic acids is 1. The first-order chi connectivity index (χ1) is 11.1. The van der Waals surface area contributed by atoms with E-state index in [4.69, 9.17) is 22.1 Å². The van der Waals surface area contributed by atoms with Crippen molar-refractivity contribution < 1.29 is 9.53 Å².